The van der Waals surface area contributed by atoms with Crippen LogP contribution in [0, 0.1) is 13.8 Å². The monoisotopic (exact) mass is 467 g/mol. The van der Waals surface area contributed by atoms with Crippen molar-refractivity contribution in [2.45, 2.75) is 45.6 Å². The summed E-state index contributed by atoms with van der Waals surface area (Å²) in [6.45, 7) is 3.91. The van der Waals surface area contributed by atoms with Crippen molar-refractivity contribution in [2.24, 2.45) is 0 Å². The molecule has 5 heteroatoms. The van der Waals surface area contributed by atoms with Gasteiger partial charge in [0.2, 0.25) is 0 Å². The van der Waals surface area contributed by atoms with Crippen molar-refractivity contribution >= 4 is 23.1 Å². The molecule has 5 nitrogen and oxygen atoms in total. The van der Waals surface area contributed by atoms with Crippen LogP contribution in [0.2, 0.25) is 0 Å². The number of aliphatic hydroxyl groups excluding tert-OH is 1. The second kappa shape index (κ2) is 9.06. The smallest absolute Gasteiger partial charge is 0.300 e. The predicted molar refractivity (Wildman–Crippen MR) is 137 cm³/mol. The number of aryl methyl sites for hydroxylation is 3. The van der Waals surface area contributed by atoms with Gasteiger partial charge in [0.15, 0.2) is 0 Å². The number of ketones is 1. The molecule has 0 radical (unpaired) electrons. The molecular formula is C30H29NO4. The Morgan fingerprint density at radius 1 is 0.943 bits per heavy atom. The fourth-order valence-corrected chi connectivity index (χ4v) is 5.30. The lowest BCUT2D eigenvalue weighted by atomic mass is 9.88. The first kappa shape index (κ1) is 22.9. The third kappa shape index (κ3) is 3.81. The first-order valence-corrected chi connectivity index (χ1v) is 12.0. The number of carbonyl (C=O) groups excluding carboxylic acids is 2. The molecule has 35 heavy (non-hydrogen) atoms. The van der Waals surface area contributed by atoms with Gasteiger partial charge in [-0.3, -0.25) is 14.5 Å². The fourth-order valence-electron chi connectivity index (χ4n) is 5.30. The van der Waals surface area contributed by atoms with E-state index in [1.807, 2.05) is 68.4 Å². The number of hydrogen-bond donors (Lipinski definition) is 1. The van der Waals surface area contributed by atoms with Gasteiger partial charge < -0.3 is 9.84 Å². The van der Waals surface area contributed by atoms with E-state index in [2.05, 4.69) is 0 Å². The van der Waals surface area contributed by atoms with Crippen molar-refractivity contribution in [1.29, 1.82) is 0 Å². The van der Waals surface area contributed by atoms with Gasteiger partial charge in [-0.1, -0.05) is 42.5 Å². The highest BCUT2D eigenvalue weighted by molar-refractivity contribution is 6.51. The molecule has 1 unspecified atom stereocenters. The standard InChI is InChI=1S/C30H29NO4/c1-18-9-8-13-24(19(18)2)31-27(23-12-6-7-14-25(23)35-3)26(29(33)30(31)34)28(32)22-16-15-20-10-4-5-11-21(20)17-22/h6-9,12-17,27,32H,4-5,10-11H2,1-3H3/b28-26+. The van der Waals surface area contributed by atoms with Crippen LogP contribution in [0.1, 0.15) is 52.3 Å². The zero-order chi connectivity index (χ0) is 24.7. The van der Waals surface area contributed by atoms with Crippen molar-refractivity contribution < 1.29 is 19.4 Å². The number of ether oxygens (including phenoxy) is 1. The molecule has 3 aromatic rings. The summed E-state index contributed by atoms with van der Waals surface area (Å²) in [7, 11) is 1.56. The lowest BCUT2D eigenvalue weighted by molar-refractivity contribution is -0.132. The molecule has 2 aliphatic rings. The van der Waals surface area contributed by atoms with Crippen molar-refractivity contribution in [2.75, 3.05) is 12.0 Å². The van der Waals surface area contributed by atoms with Gasteiger partial charge >= 0.3 is 0 Å². The highest BCUT2D eigenvalue weighted by atomic mass is 16.5. The van der Waals surface area contributed by atoms with E-state index >= 15 is 0 Å². The minimum atomic E-state index is -0.817. The van der Waals surface area contributed by atoms with Gasteiger partial charge in [0, 0.05) is 16.8 Å². The summed E-state index contributed by atoms with van der Waals surface area (Å²) >= 11 is 0. The number of amides is 1. The van der Waals surface area contributed by atoms with E-state index in [1.165, 1.54) is 16.0 Å². The maximum Gasteiger partial charge on any atom is 0.300 e. The van der Waals surface area contributed by atoms with Crippen LogP contribution in [0.5, 0.6) is 5.75 Å². The molecule has 0 spiro atoms. The lowest BCUT2D eigenvalue weighted by Crippen LogP contribution is -2.30. The number of Topliss-reactive ketones (excluding diaryl/α,β-unsaturated/α-hetero) is 1. The molecule has 1 amide bonds. The van der Waals surface area contributed by atoms with Crippen LogP contribution in [0.4, 0.5) is 5.69 Å². The summed E-state index contributed by atoms with van der Waals surface area (Å²) in [5.41, 5.74) is 6.33. The third-order valence-electron chi connectivity index (χ3n) is 7.34. The summed E-state index contributed by atoms with van der Waals surface area (Å²) < 4.78 is 5.62. The van der Waals surface area contributed by atoms with Gasteiger partial charge in [-0.2, -0.15) is 0 Å². The highest BCUT2D eigenvalue weighted by Gasteiger charge is 2.48. The van der Waals surface area contributed by atoms with E-state index in [-0.39, 0.29) is 11.3 Å². The summed E-state index contributed by atoms with van der Waals surface area (Å²) in [5, 5.41) is 11.5. The molecule has 0 saturated carbocycles. The number of aliphatic hydroxyl groups is 1. The Balaban J connectivity index is 1.75. The summed E-state index contributed by atoms with van der Waals surface area (Å²) in [6.07, 6.45) is 4.24. The van der Waals surface area contributed by atoms with E-state index < -0.39 is 17.7 Å². The van der Waals surface area contributed by atoms with Crippen molar-refractivity contribution in [3.63, 3.8) is 0 Å². The van der Waals surface area contributed by atoms with Crippen LogP contribution in [0.15, 0.2) is 66.2 Å². The van der Waals surface area contributed by atoms with Gasteiger partial charge in [-0.15, -0.1) is 0 Å². The third-order valence-corrected chi connectivity index (χ3v) is 7.34. The Morgan fingerprint density at radius 3 is 2.46 bits per heavy atom. The minimum Gasteiger partial charge on any atom is -0.507 e. The van der Waals surface area contributed by atoms with Crippen LogP contribution in [-0.4, -0.2) is 23.9 Å². The molecule has 1 heterocycles. The van der Waals surface area contributed by atoms with Gasteiger partial charge in [0.05, 0.1) is 18.7 Å². The lowest BCUT2D eigenvalue weighted by Gasteiger charge is -2.28. The van der Waals surface area contributed by atoms with Crippen LogP contribution in [-0.2, 0) is 22.4 Å². The maximum absolute atomic E-state index is 13.5. The number of carbonyl (C=O) groups is 2. The number of benzene rings is 3. The summed E-state index contributed by atoms with van der Waals surface area (Å²) in [5.74, 6) is -0.961. The first-order chi connectivity index (χ1) is 16.9. The molecule has 5 rings (SSSR count). The average Bonchev–Trinajstić information content (AvgIpc) is 3.14. The van der Waals surface area contributed by atoms with Crippen LogP contribution < -0.4 is 9.64 Å². The Bertz CT molecular complexity index is 1370. The second-order valence-corrected chi connectivity index (χ2v) is 9.32. The quantitative estimate of drug-likeness (QED) is 0.298. The average molecular weight is 468 g/mol. The Morgan fingerprint density at radius 2 is 1.69 bits per heavy atom. The van der Waals surface area contributed by atoms with Gasteiger partial charge in [-0.05, 0) is 80.0 Å². The predicted octanol–water partition coefficient (Wildman–Crippen LogP) is 5.82. The highest BCUT2D eigenvalue weighted by Crippen LogP contribution is 2.46. The molecule has 0 bridgehead atoms. The van der Waals surface area contributed by atoms with Gasteiger partial charge in [-0.25, -0.2) is 0 Å². The van der Waals surface area contributed by atoms with Gasteiger partial charge in [0.1, 0.15) is 11.5 Å². The number of nitrogens with zero attached hydrogens (tertiary/aromatic N) is 1. The molecule has 178 valence electrons. The number of fused-ring (bicyclic) bond motifs is 1. The first-order valence-electron chi connectivity index (χ1n) is 12.0. The topological polar surface area (TPSA) is 66.8 Å². The Labute approximate surface area is 205 Å². The molecule has 1 aliphatic heterocycles. The largest absolute Gasteiger partial charge is 0.507 e. The SMILES string of the molecule is COc1ccccc1C1/C(=C(\O)c2ccc3c(c2)CCCC3)C(=O)C(=O)N1c1cccc(C)c1C. The van der Waals surface area contributed by atoms with Crippen LogP contribution >= 0.6 is 0 Å². The number of hydrogen-bond acceptors (Lipinski definition) is 4. The molecule has 1 saturated heterocycles. The molecule has 1 atom stereocenters. The number of rotatable bonds is 4. The van der Waals surface area contributed by atoms with E-state index in [0.717, 1.165) is 36.8 Å². The Hall–Kier alpha value is -3.86. The molecule has 0 aromatic heterocycles. The van der Waals surface area contributed by atoms with Crippen molar-refractivity contribution in [3.05, 3.63) is 99.6 Å². The normalized spacial score (nSPS) is 19.1. The molecule has 1 fully saturated rings. The van der Waals surface area contributed by atoms with Gasteiger partial charge in [0.25, 0.3) is 11.7 Å². The molecule has 1 N–H and O–H groups in total. The van der Waals surface area contributed by atoms with Crippen LogP contribution in [0.3, 0.4) is 0 Å². The molecule has 1 aliphatic carbocycles. The molecule has 3 aromatic carbocycles. The van der Waals surface area contributed by atoms with Crippen LogP contribution in [0.25, 0.3) is 5.76 Å². The van der Waals surface area contributed by atoms with E-state index in [1.54, 1.807) is 13.2 Å². The van der Waals surface area contributed by atoms with E-state index in [4.69, 9.17) is 4.74 Å². The number of para-hydroxylation sites is 1. The Kier molecular flexibility index (Phi) is 5.93. The summed E-state index contributed by atoms with van der Waals surface area (Å²) in [4.78, 5) is 28.6. The maximum atomic E-state index is 13.5. The zero-order valence-corrected chi connectivity index (χ0v) is 20.3. The summed E-state index contributed by atoms with van der Waals surface area (Å²) in [6, 6.07) is 18.1. The number of anilines is 1. The minimum absolute atomic E-state index is 0.0798. The zero-order valence-electron chi connectivity index (χ0n) is 20.3. The van der Waals surface area contributed by atoms with Crippen molar-refractivity contribution in [3.8, 4) is 5.75 Å². The number of methoxy groups -OCH3 is 1. The van der Waals surface area contributed by atoms with E-state index in [0.29, 0.717) is 22.6 Å². The fraction of sp³-hybridized carbons (Fsp3) is 0.267. The van der Waals surface area contributed by atoms with Crippen molar-refractivity contribution in [1.82, 2.24) is 0 Å². The molecular weight excluding hydrogens is 438 g/mol. The second-order valence-electron chi connectivity index (χ2n) is 9.32. The van der Waals surface area contributed by atoms with E-state index in [9.17, 15) is 14.7 Å².